The minimum Gasteiger partial charge on any atom is -0.497 e. The van der Waals surface area contributed by atoms with Gasteiger partial charge in [-0.05, 0) is 37.1 Å². The summed E-state index contributed by atoms with van der Waals surface area (Å²) in [5.74, 6) is -2.12. The number of carboxylic acid groups (broad SMARTS) is 2. The Morgan fingerprint density at radius 3 is 1.53 bits per heavy atom. The van der Waals surface area contributed by atoms with E-state index in [0.29, 0.717) is 22.8 Å². The highest BCUT2D eigenvalue weighted by molar-refractivity contribution is 5.96. The second kappa shape index (κ2) is 15.6. The van der Waals surface area contributed by atoms with Gasteiger partial charge in [-0.15, -0.1) is 0 Å². The number of ether oxygens (including phenoxy) is 6. The van der Waals surface area contributed by atoms with E-state index in [1.807, 2.05) is 0 Å². The predicted molar refractivity (Wildman–Crippen MR) is 134 cm³/mol. The summed E-state index contributed by atoms with van der Waals surface area (Å²) in [6.45, 7) is 3.93. The normalized spacial score (nSPS) is 9.84. The lowest BCUT2D eigenvalue weighted by Crippen LogP contribution is -2.15. The summed E-state index contributed by atoms with van der Waals surface area (Å²) in [7, 11) is 5.64. The maximum absolute atomic E-state index is 12.1. The van der Waals surface area contributed by atoms with E-state index in [1.165, 1.54) is 40.6 Å². The van der Waals surface area contributed by atoms with Gasteiger partial charge in [0.2, 0.25) is 0 Å². The lowest BCUT2D eigenvalue weighted by atomic mass is 10.0. The van der Waals surface area contributed by atoms with Crippen molar-refractivity contribution in [1.82, 2.24) is 0 Å². The Bertz CT molecular complexity index is 1140. The maximum Gasteiger partial charge on any atom is 0.342 e. The van der Waals surface area contributed by atoms with Crippen LogP contribution in [0.25, 0.3) is 0 Å². The second-order valence-electron chi connectivity index (χ2n) is 7.31. The molecule has 0 unspecified atom stereocenters. The Morgan fingerprint density at radius 1 is 0.658 bits per heavy atom. The number of hydrogen-bond donors (Lipinski definition) is 2. The van der Waals surface area contributed by atoms with Crippen molar-refractivity contribution in [3.05, 3.63) is 46.5 Å². The van der Waals surface area contributed by atoms with Crippen LogP contribution in [0, 0.1) is 0 Å². The molecule has 0 aromatic heterocycles. The first-order valence-electron chi connectivity index (χ1n) is 11.3. The fourth-order valence-electron chi connectivity index (χ4n) is 3.34. The van der Waals surface area contributed by atoms with E-state index in [4.69, 9.17) is 38.6 Å². The van der Waals surface area contributed by atoms with Gasteiger partial charge in [-0.25, -0.2) is 9.59 Å². The molecule has 0 aliphatic heterocycles. The summed E-state index contributed by atoms with van der Waals surface area (Å²) in [6.07, 6.45) is -0.468. The summed E-state index contributed by atoms with van der Waals surface area (Å²) >= 11 is 0. The predicted octanol–water partition coefficient (Wildman–Crippen LogP) is 3.02. The zero-order chi connectivity index (χ0) is 28.8. The molecular weight excluding hydrogens is 504 g/mol. The van der Waals surface area contributed by atoms with Crippen LogP contribution in [0.2, 0.25) is 0 Å². The summed E-state index contributed by atoms with van der Waals surface area (Å²) in [4.78, 5) is 45.5. The molecular formula is C26H32O12. The van der Waals surface area contributed by atoms with Gasteiger partial charge in [0, 0.05) is 12.1 Å². The van der Waals surface area contributed by atoms with Gasteiger partial charge >= 0.3 is 23.9 Å². The smallest absolute Gasteiger partial charge is 0.342 e. The molecule has 0 aliphatic carbocycles. The monoisotopic (exact) mass is 536 g/mol. The van der Waals surface area contributed by atoms with Crippen molar-refractivity contribution in [2.45, 2.75) is 26.7 Å². The summed E-state index contributed by atoms with van der Waals surface area (Å²) in [6, 6.07) is 5.95. The third-order valence-corrected chi connectivity index (χ3v) is 4.90. The van der Waals surface area contributed by atoms with Gasteiger partial charge in [0.05, 0.1) is 54.5 Å². The van der Waals surface area contributed by atoms with Crippen LogP contribution in [0.4, 0.5) is 0 Å². The van der Waals surface area contributed by atoms with Gasteiger partial charge in [0.1, 0.15) is 34.1 Å². The largest absolute Gasteiger partial charge is 0.497 e. The molecule has 38 heavy (non-hydrogen) atoms. The van der Waals surface area contributed by atoms with Crippen LogP contribution in [0.3, 0.4) is 0 Å². The van der Waals surface area contributed by atoms with Gasteiger partial charge in [0.15, 0.2) is 0 Å². The fourth-order valence-corrected chi connectivity index (χ4v) is 3.34. The number of methoxy groups -OCH3 is 4. The molecule has 12 nitrogen and oxygen atoms in total. The van der Waals surface area contributed by atoms with Crippen molar-refractivity contribution in [2.75, 3.05) is 41.7 Å². The number of hydrogen-bond acceptors (Lipinski definition) is 10. The van der Waals surface area contributed by atoms with Crippen molar-refractivity contribution >= 4 is 23.9 Å². The molecule has 12 heteroatoms. The molecule has 0 amide bonds. The van der Waals surface area contributed by atoms with Crippen LogP contribution >= 0.6 is 0 Å². The average Bonchev–Trinajstić information content (AvgIpc) is 2.87. The van der Waals surface area contributed by atoms with Crippen molar-refractivity contribution in [3.63, 3.8) is 0 Å². The molecule has 208 valence electrons. The molecule has 0 saturated heterocycles. The minimum atomic E-state index is -1.24. The summed E-state index contributed by atoms with van der Waals surface area (Å²) in [5, 5.41) is 17.8. The molecule has 0 atom stereocenters. The molecule has 0 heterocycles. The highest BCUT2D eigenvalue weighted by atomic mass is 16.5. The SMILES string of the molecule is CCOC(=O)Cc1cc(OC)cc(OC)c1C(=O)OCC.COc1cc(CC(=O)O)c(C(=O)O)c(OC)c1. The molecule has 0 aliphatic rings. The maximum atomic E-state index is 12.1. The van der Waals surface area contributed by atoms with Gasteiger partial charge in [-0.1, -0.05) is 0 Å². The van der Waals surface area contributed by atoms with Crippen LogP contribution < -0.4 is 18.9 Å². The van der Waals surface area contributed by atoms with Gasteiger partial charge in [-0.2, -0.15) is 0 Å². The summed E-state index contributed by atoms with van der Waals surface area (Å²) < 4.78 is 30.1. The Hall–Kier alpha value is -4.48. The highest BCUT2D eigenvalue weighted by Crippen LogP contribution is 2.31. The molecule has 0 spiro atoms. The quantitative estimate of drug-likeness (QED) is 0.382. The van der Waals surface area contributed by atoms with Crippen molar-refractivity contribution in [2.24, 2.45) is 0 Å². The Kier molecular flexibility index (Phi) is 12.9. The number of benzene rings is 2. The standard InChI is InChI=1S/C15H20O6.C11H12O6/c1-5-20-13(16)8-10-7-11(18-3)9-12(19-4)14(10)15(17)21-6-2;1-16-7-3-6(4-9(12)13)10(11(14)15)8(5-7)17-2/h7,9H,5-6,8H2,1-4H3;3,5H,4H2,1-2H3,(H,12,13)(H,14,15). The second-order valence-corrected chi connectivity index (χ2v) is 7.31. The fraction of sp³-hybridized carbons (Fsp3) is 0.385. The van der Waals surface area contributed by atoms with E-state index < -0.39 is 30.3 Å². The van der Waals surface area contributed by atoms with E-state index in [1.54, 1.807) is 26.0 Å². The topological polar surface area (TPSA) is 164 Å². The number of aromatic carboxylic acids is 1. The van der Waals surface area contributed by atoms with Crippen LogP contribution in [0.1, 0.15) is 45.7 Å². The number of carboxylic acids is 2. The zero-order valence-corrected chi connectivity index (χ0v) is 22.1. The lowest BCUT2D eigenvalue weighted by molar-refractivity contribution is -0.142. The average molecular weight is 537 g/mol. The van der Waals surface area contributed by atoms with Crippen LogP contribution in [-0.2, 0) is 31.9 Å². The van der Waals surface area contributed by atoms with Crippen molar-refractivity contribution in [1.29, 1.82) is 0 Å². The van der Waals surface area contributed by atoms with E-state index in [9.17, 15) is 19.2 Å². The number of carbonyl (C=O) groups excluding carboxylic acids is 2. The first-order chi connectivity index (χ1) is 18.1. The number of carbonyl (C=O) groups is 4. The Balaban J connectivity index is 0.000000389. The van der Waals surface area contributed by atoms with Crippen molar-refractivity contribution in [3.8, 4) is 23.0 Å². The molecule has 2 rings (SSSR count). The summed E-state index contributed by atoms with van der Waals surface area (Å²) in [5.41, 5.74) is 0.646. The van der Waals surface area contributed by atoms with Gasteiger partial charge in [-0.3, -0.25) is 9.59 Å². The first kappa shape index (κ1) is 31.5. The van der Waals surface area contributed by atoms with E-state index in [-0.39, 0.29) is 42.1 Å². The molecule has 2 aromatic carbocycles. The number of aliphatic carboxylic acids is 1. The van der Waals surface area contributed by atoms with E-state index in [2.05, 4.69) is 0 Å². The highest BCUT2D eigenvalue weighted by Gasteiger charge is 2.23. The molecule has 2 aromatic rings. The van der Waals surface area contributed by atoms with E-state index >= 15 is 0 Å². The third-order valence-electron chi connectivity index (χ3n) is 4.90. The molecule has 0 bridgehead atoms. The Labute approximate surface area is 220 Å². The van der Waals surface area contributed by atoms with Gasteiger partial charge in [0.25, 0.3) is 0 Å². The molecule has 0 saturated carbocycles. The molecule has 0 fully saturated rings. The lowest BCUT2D eigenvalue weighted by Gasteiger charge is -2.14. The van der Waals surface area contributed by atoms with Crippen LogP contribution in [0.15, 0.2) is 24.3 Å². The van der Waals surface area contributed by atoms with Crippen LogP contribution in [0.5, 0.6) is 23.0 Å². The zero-order valence-electron chi connectivity index (χ0n) is 22.1. The van der Waals surface area contributed by atoms with Crippen molar-refractivity contribution < 1.29 is 57.8 Å². The third kappa shape index (κ3) is 8.87. The van der Waals surface area contributed by atoms with E-state index in [0.717, 1.165) is 0 Å². The van der Waals surface area contributed by atoms with Gasteiger partial charge < -0.3 is 38.6 Å². The molecule has 0 radical (unpaired) electrons. The number of esters is 2. The van der Waals surface area contributed by atoms with Crippen LogP contribution in [-0.4, -0.2) is 75.7 Å². The first-order valence-corrected chi connectivity index (χ1v) is 11.3. The number of rotatable bonds is 12. The molecule has 2 N–H and O–H groups in total. The Morgan fingerprint density at radius 2 is 1.13 bits per heavy atom. The minimum absolute atomic E-state index is 0.0600.